The van der Waals surface area contributed by atoms with Gasteiger partial charge in [0.2, 0.25) is 12.0 Å². The van der Waals surface area contributed by atoms with E-state index in [-0.39, 0.29) is 12.5 Å². The predicted octanol–water partition coefficient (Wildman–Crippen LogP) is -3.03. The standard InChI is InChI=1S/C8H12N2O6/c1-3(12)9-7-6(14)5(13)4(2-11)16-8(7)10(16)15-8/h4-7,11,13-14H,2H2,1H3/p+1/t4-,5-,6+,7-,8+,10?/m1/s1. The van der Waals surface area contributed by atoms with Gasteiger partial charge in [-0.15, -0.1) is 4.84 Å². The number of hydroxylamine groups is 2. The van der Waals surface area contributed by atoms with Gasteiger partial charge in [-0.25, -0.2) is 4.47 Å². The molecule has 3 rings (SSSR count). The van der Waals surface area contributed by atoms with Crippen LogP contribution in [-0.2, 0) is 14.1 Å². The Morgan fingerprint density at radius 1 is 1.56 bits per heavy atom. The molecule has 3 aliphatic heterocycles. The average molecular weight is 233 g/mol. The summed E-state index contributed by atoms with van der Waals surface area (Å²) in [6.07, 6.45) is -3.01. The molecule has 8 nitrogen and oxygen atoms in total. The van der Waals surface area contributed by atoms with Crippen molar-refractivity contribution in [2.75, 3.05) is 6.61 Å². The number of rotatable bonds is 2. The third kappa shape index (κ3) is 1.01. The lowest BCUT2D eigenvalue weighted by Crippen LogP contribution is -2.63. The lowest BCUT2D eigenvalue weighted by atomic mass is 9.96. The Morgan fingerprint density at radius 2 is 2.25 bits per heavy atom. The van der Waals surface area contributed by atoms with E-state index >= 15 is 0 Å². The number of hydrogen-bond donors (Lipinski definition) is 4. The molecular weight excluding hydrogens is 220 g/mol. The molecule has 0 aromatic heterocycles. The highest BCUT2D eigenvalue weighted by Crippen LogP contribution is 2.68. The molecule has 90 valence electrons. The van der Waals surface area contributed by atoms with Crippen molar-refractivity contribution >= 4 is 5.91 Å². The van der Waals surface area contributed by atoms with E-state index in [4.69, 9.17) is 9.94 Å². The summed E-state index contributed by atoms with van der Waals surface area (Å²) in [5, 5.41) is 32.6. The van der Waals surface area contributed by atoms with Crippen LogP contribution in [0.1, 0.15) is 6.92 Å². The largest absolute Gasteiger partial charge is 0.498 e. The van der Waals surface area contributed by atoms with Crippen LogP contribution in [0, 0.1) is 0 Å². The van der Waals surface area contributed by atoms with E-state index in [9.17, 15) is 15.0 Å². The summed E-state index contributed by atoms with van der Waals surface area (Å²) in [6, 6.07) is -0.743. The molecular formula is C8H13N2O6+. The monoisotopic (exact) mass is 233 g/mol. The van der Waals surface area contributed by atoms with Gasteiger partial charge in [0, 0.05) is 6.92 Å². The van der Waals surface area contributed by atoms with Crippen LogP contribution in [-0.4, -0.2) is 63.3 Å². The first-order valence-corrected chi connectivity index (χ1v) is 5.01. The number of nitrogens with zero attached hydrogens (tertiary/aromatic N) is 1. The van der Waals surface area contributed by atoms with E-state index in [0.717, 1.165) is 0 Å². The molecule has 0 aliphatic carbocycles. The molecule has 3 saturated heterocycles. The summed E-state index contributed by atoms with van der Waals surface area (Å²) in [5.74, 6) is -1.26. The molecule has 3 aliphatic rings. The molecule has 8 heteroatoms. The molecule has 0 saturated carbocycles. The first-order chi connectivity index (χ1) is 7.54. The Morgan fingerprint density at radius 3 is 2.75 bits per heavy atom. The average Bonchev–Trinajstić information content (AvgIpc) is 3.06. The lowest BCUT2D eigenvalue weighted by Gasteiger charge is -2.32. The van der Waals surface area contributed by atoms with Gasteiger partial charge in [-0.05, 0) is 0 Å². The van der Waals surface area contributed by atoms with Crippen LogP contribution >= 0.6 is 0 Å². The fourth-order valence-corrected chi connectivity index (χ4v) is 2.32. The molecule has 3 fully saturated rings. The fourth-order valence-electron chi connectivity index (χ4n) is 2.32. The van der Waals surface area contributed by atoms with Crippen LogP contribution in [0.15, 0.2) is 0 Å². The van der Waals surface area contributed by atoms with Gasteiger partial charge in [-0.3, -0.25) is 4.79 Å². The van der Waals surface area contributed by atoms with Crippen molar-refractivity contribution in [3.05, 3.63) is 0 Å². The first kappa shape index (κ1) is 10.4. The molecule has 0 aromatic rings. The number of hydrogen-bond acceptors (Lipinski definition) is 6. The van der Waals surface area contributed by atoms with E-state index in [1.807, 2.05) is 0 Å². The Kier molecular flexibility index (Phi) is 1.89. The van der Waals surface area contributed by atoms with Gasteiger partial charge < -0.3 is 20.6 Å². The quantitative estimate of drug-likeness (QED) is 0.298. The fraction of sp³-hybridized carbons (Fsp3) is 0.875. The molecule has 1 spiro atoms. The van der Waals surface area contributed by atoms with E-state index in [2.05, 4.69) is 9.78 Å². The molecule has 0 bridgehead atoms. The number of nitrogens with one attached hydrogen (secondary N) is 1. The topological polar surface area (TPSA) is 108 Å². The molecule has 16 heavy (non-hydrogen) atoms. The van der Waals surface area contributed by atoms with Gasteiger partial charge in [0.05, 0.1) is 0 Å². The second-order valence-corrected chi connectivity index (χ2v) is 4.17. The Labute approximate surface area is 90.6 Å². The third-order valence-corrected chi connectivity index (χ3v) is 3.17. The van der Waals surface area contributed by atoms with Gasteiger partial charge >= 0.3 is 5.91 Å². The Bertz CT molecular complexity index is 349. The van der Waals surface area contributed by atoms with Crippen molar-refractivity contribution in [2.24, 2.45) is 0 Å². The van der Waals surface area contributed by atoms with E-state index in [1.54, 1.807) is 0 Å². The van der Waals surface area contributed by atoms with Gasteiger partial charge in [-0.2, -0.15) is 0 Å². The summed E-state index contributed by atoms with van der Waals surface area (Å²) in [4.78, 5) is 16.1. The highest BCUT2D eigenvalue weighted by atomic mass is 17.4. The maximum Gasteiger partial charge on any atom is 0.498 e. The van der Waals surface area contributed by atoms with Gasteiger partial charge in [0.1, 0.15) is 12.7 Å². The van der Waals surface area contributed by atoms with Crippen molar-refractivity contribution in [1.29, 1.82) is 0 Å². The van der Waals surface area contributed by atoms with Crippen LogP contribution in [0.25, 0.3) is 0 Å². The van der Waals surface area contributed by atoms with Gasteiger partial charge in [0.25, 0.3) is 0 Å². The van der Waals surface area contributed by atoms with Crippen LogP contribution in [0.3, 0.4) is 0 Å². The maximum atomic E-state index is 11.0. The van der Waals surface area contributed by atoms with Crippen molar-refractivity contribution in [3.8, 4) is 0 Å². The molecule has 3 heterocycles. The number of amides is 1. The minimum Gasteiger partial charge on any atom is -0.388 e. The normalized spacial score (nSPS) is 53.9. The molecule has 1 unspecified atom stereocenters. The summed E-state index contributed by atoms with van der Waals surface area (Å²) >= 11 is 0. The second kappa shape index (κ2) is 2.92. The summed E-state index contributed by atoms with van der Waals surface area (Å²) in [7, 11) is 0. The van der Waals surface area contributed by atoms with Crippen molar-refractivity contribution in [1.82, 2.24) is 10.5 Å². The summed E-state index contributed by atoms with van der Waals surface area (Å²) < 4.78 is 2.48. The van der Waals surface area contributed by atoms with Crippen molar-refractivity contribution in [2.45, 2.75) is 37.2 Å². The highest BCUT2D eigenvalue weighted by molar-refractivity contribution is 5.73. The lowest BCUT2D eigenvalue weighted by molar-refractivity contribution is -0.394. The zero-order valence-electron chi connectivity index (χ0n) is 8.53. The highest BCUT2D eigenvalue weighted by Gasteiger charge is 3.04. The van der Waals surface area contributed by atoms with Crippen LogP contribution < -0.4 is 5.32 Å². The zero-order chi connectivity index (χ0) is 11.7. The molecule has 4 N–H and O–H groups in total. The van der Waals surface area contributed by atoms with E-state index in [0.29, 0.717) is 0 Å². The first-order valence-electron chi connectivity index (χ1n) is 5.01. The number of aliphatic hydroxyl groups excluding tert-OH is 3. The Hall–Kier alpha value is -0.770. The number of carbonyl (C=O) groups is 1. The number of aliphatic hydroxyl groups is 3. The number of carbonyl (C=O) groups excluding carboxylic acids is 1. The van der Waals surface area contributed by atoms with Crippen LogP contribution in [0.2, 0.25) is 0 Å². The molecule has 0 aromatic carbocycles. The summed E-state index contributed by atoms with van der Waals surface area (Å²) in [5.41, 5.74) is 0. The maximum absolute atomic E-state index is 11.0. The van der Waals surface area contributed by atoms with Crippen LogP contribution in [0.5, 0.6) is 0 Å². The van der Waals surface area contributed by atoms with Crippen LogP contribution in [0.4, 0.5) is 0 Å². The Balaban J connectivity index is 1.84. The van der Waals surface area contributed by atoms with Crippen molar-refractivity contribution in [3.63, 3.8) is 0 Å². The van der Waals surface area contributed by atoms with Crippen molar-refractivity contribution < 1.29 is 29.4 Å². The molecule has 1 amide bonds. The van der Waals surface area contributed by atoms with Gasteiger partial charge in [-0.1, -0.05) is 0 Å². The summed E-state index contributed by atoms with van der Waals surface area (Å²) in [6.45, 7) is 0.995. The SMILES string of the molecule is CC(=O)N[C@@H]1[C@@H](O)[C@H](O)[C@@H](CO)[O+]2N3O[C@]132. The van der Waals surface area contributed by atoms with Gasteiger partial charge in [0.15, 0.2) is 17.4 Å². The molecule has 0 radical (unpaired) electrons. The number of fused-ring (bicyclic) bond motifs is 1. The predicted molar refractivity (Wildman–Crippen MR) is 47.2 cm³/mol. The van der Waals surface area contributed by atoms with E-state index in [1.165, 1.54) is 12.2 Å². The third-order valence-electron chi connectivity index (χ3n) is 3.17. The smallest absolute Gasteiger partial charge is 0.388 e. The zero-order valence-corrected chi connectivity index (χ0v) is 8.53. The molecule has 6 atom stereocenters. The van der Waals surface area contributed by atoms with E-state index < -0.39 is 30.3 Å². The minimum absolute atomic E-state index is 0.322. The minimum atomic E-state index is -1.18. The second-order valence-electron chi connectivity index (χ2n) is 4.17.